The Kier molecular flexibility index (Phi) is 4.10. The molecule has 108 valence electrons. The SMILES string of the molecule is CN(CC1CC1)C(=O)c1cc(Cl)c(NN)c([N+](=O)[O-])c1. The van der Waals surface area contributed by atoms with E-state index >= 15 is 0 Å². The van der Waals surface area contributed by atoms with Gasteiger partial charge in [-0.3, -0.25) is 20.8 Å². The molecule has 1 saturated carbocycles. The molecule has 1 fully saturated rings. The van der Waals surface area contributed by atoms with Crippen LogP contribution in [0.1, 0.15) is 23.2 Å². The van der Waals surface area contributed by atoms with E-state index in [1.54, 1.807) is 11.9 Å². The highest BCUT2D eigenvalue weighted by Crippen LogP contribution is 2.34. The lowest BCUT2D eigenvalue weighted by Gasteiger charge is -2.17. The summed E-state index contributed by atoms with van der Waals surface area (Å²) in [6, 6.07) is 2.57. The number of rotatable bonds is 5. The van der Waals surface area contributed by atoms with E-state index < -0.39 is 4.92 Å². The van der Waals surface area contributed by atoms with Gasteiger partial charge in [0, 0.05) is 25.2 Å². The lowest BCUT2D eigenvalue weighted by molar-refractivity contribution is -0.384. The molecular weight excluding hydrogens is 284 g/mol. The average Bonchev–Trinajstić information content (AvgIpc) is 3.20. The maximum absolute atomic E-state index is 12.2. The van der Waals surface area contributed by atoms with Crippen molar-refractivity contribution >= 4 is 28.9 Å². The van der Waals surface area contributed by atoms with Crippen LogP contribution in [0, 0.1) is 16.0 Å². The summed E-state index contributed by atoms with van der Waals surface area (Å²) >= 11 is 5.93. The van der Waals surface area contributed by atoms with Crippen molar-refractivity contribution in [3.05, 3.63) is 32.8 Å². The first-order chi connectivity index (χ1) is 9.43. The number of hydrogen-bond donors (Lipinski definition) is 2. The number of amides is 1. The van der Waals surface area contributed by atoms with Crippen LogP contribution in [-0.2, 0) is 0 Å². The van der Waals surface area contributed by atoms with Gasteiger partial charge in [0.05, 0.1) is 9.95 Å². The van der Waals surface area contributed by atoms with Crippen LogP contribution >= 0.6 is 11.6 Å². The quantitative estimate of drug-likeness (QED) is 0.492. The number of hydrogen-bond acceptors (Lipinski definition) is 5. The van der Waals surface area contributed by atoms with Crippen molar-refractivity contribution in [2.24, 2.45) is 11.8 Å². The number of benzene rings is 1. The second-order valence-corrected chi connectivity index (χ2v) is 5.29. The molecule has 3 N–H and O–H groups in total. The molecule has 0 aliphatic heterocycles. The number of hydrazine groups is 1. The Balaban J connectivity index is 2.31. The molecule has 0 bridgehead atoms. The molecule has 0 heterocycles. The molecule has 2 rings (SSSR count). The smallest absolute Gasteiger partial charge is 0.295 e. The van der Waals surface area contributed by atoms with Gasteiger partial charge in [-0.15, -0.1) is 0 Å². The van der Waals surface area contributed by atoms with Crippen LogP contribution in [0.3, 0.4) is 0 Å². The molecule has 0 unspecified atom stereocenters. The van der Waals surface area contributed by atoms with Gasteiger partial charge in [-0.05, 0) is 24.8 Å². The third kappa shape index (κ3) is 3.00. The minimum atomic E-state index is -0.626. The molecule has 0 atom stereocenters. The average molecular weight is 299 g/mol. The summed E-state index contributed by atoms with van der Waals surface area (Å²) in [6.45, 7) is 0.654. The van der Waals surface area contributed by atoms with Gasteiger partial charge in [0.1, 0.15) is 5.69 Å². The van der Waals surface area contributed by atoms with Crippen molar-refractivity contribution in [3.8, 4) is 0 Å². The minimum Gasteiger partial charge on any atom is -0.341 e. The Morgan fingerprint density at radius 2 is 2.25 bits per heavy atom. The number of nitrogens with zero attached hydrogens (tertiary/aromatic N) is 2. The summed E-state index contributed by atoms with van der Waals surface area (Å²) in [4.78, 5) is 24.2. The third-order valence-electron chi connectivity index (χ3n) is 3.23. The zero-order valence-electron chi connectivity index (χ0n) is 10.9. The topological polar surface area (TPSA) is 102 Å². The largest absolute Gasteiger partial charge is 0.341 e. The Morgan fingerprint density at radius 1 is 1.60 bits per heavy atom. The molecule has 20 heavy (non-hydrogen) atoms. The number of halogens is 1. The molecule has 7 nitrogen and oxygen atoms in total. The number of nitro benzene ring substituents is 1. The Labute approximate surface area is 120 Å². The van der Waals surface area contributed by atoms with Crippen LogP contribution in [0.5, 0.6) is 0 Å². The highest BCUT2D eigenvalue weighted by atomic mass is 35.5. The van der Waals surface area contributed by atoms with E-state index in [9.17, 15) is 14.9 Å². The van der Waals surface area contributed by atoms with Crippen molar-refractivity contribution in [1.29, 1.82) is 0 Å². The minimum absolute atomic E-state index is 0.00179. The molecule has 0 spiro atoms. The predicted octanol–water partition coefficient (Wildman–Crippen LogP) is 2.02. The summed E-state index contributed by atoms with van der Waals surface area (Å²) in [7, 11) is 1.68. The lowest BCUT2D eigenvalue weighted by atomic mass is 10.1. The Bertz CT molecular complexity index is 560. The first-order valence-corrected chi connectivity index (χ1v) is 6.51. The molecule has 0 aromatic heterocycles. The summed E-state index contributed by atoms with van der Waals surface area (Å²) < 4.78 is 0. The molecule has 1 amide bonds. The van der Waals surface area contributed by atoms with Crippen LogP contribution in [-0.4, -0.2) is 29.3 Å². The first kappa shape index (κ1) is 14.5. The lowest BCUT2D eigenvalue weighted by Crippen LogP contribution is -2.28. The van der Waals surface area contributed by atoms with E-state index in [1.807, 2.05) is 0 Å². The summed E-state index contributed by atoms with van der Waals surface area (Å²) in [5, 5.41) is 11.0. The standard InChI is InChI=1S/C12H15ClN4O3/c1-16(6-7-2-3-7)12(18)8-4-9(13)11(15-14)10(5-8)17(19)20/h4-5,7,15H,2-3,6,14H2,1H3. The van der Waals surface area contributed by atoms with Crippen LogP contribution in [0.2, 0.25) is 5.02 Å². The molecular formula is C12H15ClN4O3. The molecule has 8 heteroatoms. The fraction of sp³-hybridized carbons (Fsp3) is 0.417. The van der Waals surface area contributed by atoms with Crippen LogP contribution in [0.15, 0.2) is 12.1 Å². The maximum Gasteiger partial charge on any atom is 0.295 e. The summed E-state index contributed by atoms with van der Waals surface area (Å²) in [6.07, 6.45) is 2.24. The van der Waals surface area contributed by atoms with E-state index in [-0.39, 0.29) is 27.9 Å². The van der Waals surface area contributed by atoms with Gasteiger partial charge in [0.2, 0.25) is 0 Å². The Hall–Kier alpha value is -1.86. The fourth-order valence-corrected chi connectivity index (χ4v) is 2.26. The Morgan fingerprint density at radius 3 is 2.75 bits per heavy atom. The number of carbonyl (C=O) groups is 1. The molecule has 0 saturated heterocycles. The van der Waals surface area contributed by atoms with Gasteiger partial charge in [-0.1, -0.05) is 11.6 Å². The van der Waals surface area contributed by atoms with E-state index in [1.165, 1.54) is 12.1 Å². The molecule has 0 radical (unpaired) electrons. The molecule has 1 aromatic carbocycles. The van der Waals surface area contributed by atoms with Gasteiger partial charge >= 0.3 is 0 Å². The zero-order valence-corrected chi connectivity index (χ0v) is 11.7. The van der Waals surface area contributed by atoms with E-state index in [2.05, 4.69) is 5.43 Å². The second kappa shape index (κ2) is 5.64. The number of nitro groups is 1. The van der Waals surface area contributed by atoms with E-state index in [0.717, 1.165) is 12.8 Å². The zero-order chi connectivity index (χ0) is 14.9. The van der Waals surface area contributed by atoms with Gasteiger partial charge in [-0.25, -0.2) is 0 Å². The highest BCUT2D eigenvalue weighted by molar-refractivity contribution is 6.34. The van der Waals surface area contributed by atoms with Gasteiger partial charge in [0.25, 0.3) is 11.6 Å². The van der Waals surface area contributed by atoms with Gasteiger partial charge < -0.3 is 10.3 Å². The fourth-order valence-electron chi connectivity index (χ4n) is 1.99. The van der Waals surface area contributed by atoms with Gasteiger partial charge in [-0.2, -0.15) is 0 Å². The highest BCUT2D eigenvalue weighted by Gasteiger charge is 2.27. The third-order valence-corrected chi connectivity index (χ3v) is 3.53. The van der Waals surface area contributed by atoms with Crippen molar-refractivity contribution in [3.63, 3.8) is 0 Å². The first-order valence-electron chi connectivity index (χ1n) is 6.14. The number of nitrogen functional groups attached to an aromatic ring is 1. The van der Waals surface area contributed by atoms with E-state index in [0.29, 0.717) is 12.5 Å². The number of nitrogens with two attached hydrogens (primary N) is 1. The molecule has 1 aliphatic carbocycles. The molecule has 1 aliphatic rings. The number of nitrogens with one attached hydrogen (secondary N) is 1. The van der Waals surface area contributed by atoms with E-state index in [4.69, 9.17) is 17.4 Å². The normalized spacial score (nSPS) is 13.9. The van der Waals surface area contributed by atoms with Crippen LogP contribution in [0.25, 0.3) is 0 Å². The van der Waals surface area contributed by atoms with Crippen LogP contribution < -0.4 is 11.3 Å². The maximum atomic E-state index is 12.2. The van der Waals surface area contributed by atoms with Crippen molar-refractivity contribution in [1.82, 2.24) is 4.90 Å². The van der Waals surface area contributed by atoms with Crippen molar-refractivity contribution in [2.45, 2.75) is 12.8 Å². The van der Waals surface area contributed by atoms with Gasteiger partial charge in [0.15, 0.2) is 0 Å². The second-order valence-electron chi connectivity index (χ2n) is 4.88. The van der Waals surface area contributed by atoms with Crippen molar-refractivity contribution < 1.29 is 9.72 Å². The number of carbonyl (C=O) groups excluding carboxylic acids is 1. The molecule has 1 aromatic rings. The summed E-state index contributed by atoms with van der Waals surface area (Å²) in [5.41, 5.74) is 2.05. The van der Waals surface area contributed by atoms with Crippen LogP contribution in [0.4, 0.5) is 11.4 Å². The number of anilines is 1. The summed E-state index contributed by atoms with van der Waals surface area (Å²) in [5.74, 6) is 5.47. The predicted molar refractivity (Wildman–Crippen MR) is 75.6 cm³/mol. The monoisotopic (exact) mass is 298 g/mol. The van der Waals surface area contributed by atoms with Crippen molar-refractivity contribution in [2.75, 3.05) is 19.0 Å².